The molecule has 3 aromatic rings. The molecule has 1 saturated heterocycles. The summed E-state index contributed by atoms with van der Waals surface area (Å²) in [4.78, 5) is 14.7. The second-order valence-electron chi connectivity index (χ2n) is 8.30. The standard InChI is InChI=1S/C26H29N3O4S/c1-20-7-9-21(10-8-20)19-26(30)27-22-11-13-23(14-12-22)34(31,32)29-17-15-28(16-18-29)24-5-3-4-6-25(24)33-2/h3-14H,15-19H2,1-2H3,(H,27,30). The minimum absolute atomic E-state index is 0.146. The van der Waals surface area contributed by atoms with E-state index in [1.807, 2.05) is 55.5 Å². The number of aryl methyl sites for hydroxylation is 1. The molecule has 1 amide bonds. The first-order chi connectivity index (χ1) is 16.4. The number of amides is 1. The molecule has 178 valence electrons. The zero-order chi connectivity index (χ0) is 24.1. The molecule has 0 radical (unpaired) electrons. The fraction of sp³-hybridized carbons (Fsp3) is 0.269. The number of ether oxygens (including phenoxy) is 1. The van der Waals surface area contributed by atoms with Crippen molar-refractivity contribution in [2.24, 2.45) is 0 Å². The first-order valence-corrected chi connectivity index (χ1v) is 12.6. The summed E-state index contributed by atoms with van der Waals surface area (Å²) in [5, 5.41) is 2.83. The van der Waals surface area contributed by atoms with Gasteiger partial charge in [-0.25, -0.2) is 8.42 Å². The van der Waals surface area contributed by atoms with Crippen molar-refractivity contribution in [3.05, 3.63) is 83.9 Å². The van der Waals surface area contributed by atoms with Crippen LogP contribution in [0.4, 0.5) is 11.4 Å². The van der Waals surface area contributed by atoms with Crippen LogP contribution in [-0.2, 0) is 21.2 Å². The quantitative estimate of drug-likeness (QED) is 0.559. The van der Waals surface area contributed by atoms with E-state index in [2.05, 4.69) is 10.2 Å². The Labute approximate surface area is 201 Å². The molecular weight excluding hydrogens is 450 g/mol. The summed E-state index contributed by atoms with van der Waals surface area (Å²) in [6.45, 7) is 3.92. The predicted octanol–water partition coefficient (Wildman–Crippen LogP) is 3.70. The number of piperazine rings is 1. The van der Waals surface area contributed by atoms with Gasteiger partial charge in [0.1, 0.15) is 5.75 Å². The number of methoxy groups -OCH3 is 1. The average Bonchev–Trinajstić information content (AvgIpc) is 2.86. The maximum absolute atomic E-state index is 13.2. The van der Waals surface area contributed by atoms with Crippen LogP contribution >= 0.6 is 0 Å². The van der Waals surface area contributed by atoms with E-state index in [-0.39, 0.29) is 17.2 Å². The fourth-order valence-corrected chi connectivity index (χ4v) is 5.44. The Morgan fingerprint density at radius 3 is 2.21 bits per heavy atom. The molecular formula is C26H29N3O4S. The molecule has 0 atom stereocenters. The Bertz CT molecular complexity index is 1230. The van der Waals surface area contributed by atoms with E-state index in [1.54, 1.807) is 31.4 Å². The van der Waals surface area contributed by atoms with Gasteiger partial charge in [0, 0.05) is 31.9 Å². The van der Waals surface area contributed by atoms with Crippen LogP contribution in [0.2, 0.25) is 0 Å². The summed E-state index contributed by atoms with van der Waals surface area (Å²) in [6, 6.07) is 21.9. The van der Waals surface area contributed by atoms with Gasteiger partial charge >= 0.3 is 0 Å². The highest BCUT2D eigenvalue weighted by molar-refractivity contribution is 7.89. The Hall–Kier alpha value is -3.36. The Morgan fingerprint density at radius 1 is 0.912 bits per heavy atom. The number of sulfonamides is 1. The number of para-hydroxylation sites is 2. The van der Waals surface area contributed by atoms with Gasteiger partial charge in [-0.05, 0) is 48.9 Å². The van der Waals surface area contributed by atoms with Crippen molar-refractivity contribution in [3.63, 3.8) is 0 Å². The predicted molar refractivity (Wildman–Crippen MR) is 134 cm³/mol. The van der Waals surface area contributed by atoms with Crippen molar-refractivity contribution in [1.29, 1.82) is 0 Å². The van der Waals surface area contributed by atoms with Crippen LogP contribution in [0.5, 0.6) is 5.75 Å². The molecule has 0 unspecified atom stereocenters. The van der Waals surface area contributed by atoms with E-state index in [9.17, 15) is 13.2 Å². The van der Waals surface area contributed by atoms with Crippen molar-refractivity contribution in [2.75, 3.05) is 43.5 Å². The van der Waals surface area contributed by atoms with Crippen molar-refractivity contribution < 1.29 is 17.9 Å². The number of nitrogens with zero attached hydrogens (tertiary/aromatic N) is 2. The third kappa shape index (κ3) is 5.40. The lowest BCUT2D eigenvalue weighted by Crippen LogP contribution is -2.48. The lowest BCUT2D eigenvalue weighted by Gasteiger charge is -2.35. The number of benzene rings is 3. The van der Waals surface area contributed by atoms with Gasteiger partial charge in [-0.15, -0.1) is 0 Å². The molecule has 4 rings (SSSR count). The van der Waals surface area contributed by atoms with E-state index < -0.39 is 10.0 Å². The molecule has 0 spiro atoms. The Kier molecular flexibility index (Phi) is 7.19. The number of carbonyl (C=O) groups is 1. The van der Waals surface area contributed by atoms with Crippen molar-refractivity contribution in [1.82, 2.24) is 4.31 Å². The van der Waals surface area contributed by atoms with Gasteiger partial charge < -0.3 is 15.0 Å². The zero-order valence-electron chi connectivity index (χ0n) is 19.4. The van der Waals surface area contributed by atoms with E-state index in [4.69, 9.17) is 4.74 Å². The summed E-state index contributed by atoms with van der Waals surface area (Å²) >= 11 is 0. The number of carbonyl (C=O) groups excluding carboxylic acids is 1. The smallest absolute Gasteiger partial charge is 0.243 e. The van der Waals surface area contributed by atoms with E-state index in [0.717, 1.165) is 22.6 Å². The third-order valence-corrected chi connectivity index (χ3v) is 7.84. The maximum Gasteiger partial charge on any atom is 0.243 e. The second-order valence-corrected chi connectivity index (χ2v) is 10.2. The Balaban J connectivity index is 1.36. The summed E-state index contributed by atoms with van der Waals surface area (Å²) in [5.41, 5.74) is 3.60. The first-order valence-electron chi connectivity index (χ1n) is 11.2. The molecule has 1 aliphatic rings. The van der Waals surface area contributed by atoms with Crippen molar-refractivity contribution in [2.45, 2.75) is 18.2 Å². The summed E-state index contributed by atoms with van der Waals surface area (Å²) in [6.07, 6.45) is 0.261. The van der Waals surface area contributed by atoms with Crippen LogP contribution in [0.15, 0.2) is 77.7 Å². The lowest BCUT2D eigenvalue weighted by atomic mass is 10.1. The molecule has 0 aromatic heterocycles. The minimum Gasteiger partial charge on any atom is -0.495 e. The van der Waals surface area contributed by atoms with Crippen LogP contribution < -0.4 is 15.0 Å². The highest BCUT2D eigenvalue weighted by Crippen LogP contribution is 2.29. The summed E-state index contributed by atoms with van der Waals surface area (Å²) < 4.78 is 33.2. The molecule has 0 bridgehead atoms. The fourth-order valence-electron chi connectivity index (χ4n) is 4.02. The SMILES string of the molecule is COc1ccccc1N1CCN(S(=O)(=O)c2ccc(NC(=O)Cc3ccc(C)cc3)cc2)CC1. The molecule has 1 N–H and O–H groups in total. The summed E-state index contributed by atoms with van der Waals surface area (Å²) in [5.74, 6) is 0.630. The molecule has 34 heavy (non-hydrogen) atoms. The van der Waals surface area contributed by atoms with Crippen LogP contribution in [0, 0.1) is 6.92 Å². The van der Waals surface area contributed by atoms with Gasteiger partial charge in [0.15, 0.2) is 0 Å². The van der Waals surface area contributed by atoms with Crippen LogP contribution in [0.3, 0.4) is 0 Å². The molecule has 1 aliphatic heterocycles. The zero-order valence-corrected chi connectivity index (χ0v) is 20.2. The number of nitrogens with one attached hydrogen (secondary N) is 1. The van der Waals surface area contributed by atoms with Crippen molar-refractivity contribution in [3.8, 4) is 5.75 Å². The molecule has 0 aliphatic carbocycles. The van der Waals surface area contributed by atoms with Gasteiger partial charge in [-0.1, -0.05) is 42.0 Å². The number of anilines is 2. The number of hydrogen-bond acceptors (Lipinski definition) is 5. The lowest BCUT2D eigenvalue weighted by molar-refractivity contribution is -0.115. The number of hydrogen-bond donors (Lipinski definition) is 1. The van der Waals surface area contributed by atoms with E-state index >= 15 is 0 Å². The highest BCUT2D eigenvalue weighted by Gasteiger charge is 2.29. The Morgan fingerprint density at radius 2 is 1.56 bits per heavy atom. The van der Waals surface area contributed by atoms with E-state index in [1.165, 1.54) is 4.31 Å². The normalized spacial score (nSPS) is 14.6. The molecule has 7 nitrogen and oxygen atoms in total. The molecule has 8 heteroatoms. The van der Waals surface area contributed by atoms with Crippen molar-refractivity contribution >= 4 is 27.3 Å². The van der Waals surface area contributed by atoms with Crippen LogP contribution in [-0.4, -0.2) is 51.9 Å². The third-order valence-electron chi connectivity index (χ3n) is 5.93. The maximum atomic E-state index is 13.2. The molecule has 1 heterocycles. The van der Waals surface area contributed by atoms with Crippen LogP contribution in [0.25, 0.3) is 0 Å². The second kappa shape index (κ2) is 10.3. The molecule has 0 saturated carbocycles. The number of rotatable bonds is 7. The topological polar surface area (TPSA) is 79.0 Å². The van der Waals surface area contributed by atoms with Gasteiger partial charge in [-0.2, -0.15) is 4.31 Å². The molecule has 3 aromatic carbocycles. The van der Waals surface area contributed by atoms with Gasteiger partial charge in [0.05, 0.1) is 24.1 Å². The monoisotopic (exact) mass is 479 g/mol. The van der Waals surface area contributed by atoms with E-state index in [0.29, 0.717) is 31.9 Å². The van der Waals surface area contributed by atoms with Gasteiger partial charge in [0.2, 0.25) is 15.9 Å². The molecule has 1 fully saturated rings. The van der Waals surface area contributed by atoms with Gasteiger partial charge in [-0.3, -0.25) is 4.79 Å². The average molecular weight is 480 g/mol. The van der Waals surface area contributed by atoms with Gasteiger partial charge in [0.25, 0.3) is 0 Å². The van der Waals surface area contributed by atoms with Crippen LogP contribution in [0.1, 0.15) is 11.1 Å². The minimum atomic E-state index is -3.62. The largest absolute Gasteiger partial charge is 0.495 e. The first kappa shape index (κ1) is 23.8. The highest BCUT2D eigenvalue weighted by atomic mass is 32.2. The summed E-state index contributed by atoms with van der Waals surface area (Å²) in [7, 11) is -1.99.